The summed E-state index contributed by atoms with van der Waals surface area (Å²) in [6.45, 7) is 3.80. The maximum Gasteiger partial charge on any atom is 0.334 e. The van der Waals surface area contributed by atoms with Gasteiger partial charge in [-0.25, -0.2) is 4.79 Å². The van der Waals surface area contributed by atoms with Gasteiger partial charge in [-0.05, 0) is 32.8 Å². The van der Waals surface area contributed by atoms with Gasteiger partial charge >= 0.3 is 5.97 Å². The molecule has 0 aromatic carbocycles. The van der Waals surface area contributed by atoms with E-state index in [4.69, 9.17) is 4.74 Å². The normalized spacial score (nSPS) is 28.0. The summed E-state index contributed by atoms with van der Waals surface area (Å²) in [7, 11) is 0. The largest absolute Gasteiger partial charge is 0.455 e. The zero-order chi connectivity index (χ0) is 8.97. The van der Waals surface area contributed by atoms with Crippen LogP contribution in [0.1, 0.15) is 26.7 Å². The molecule has 0 aliphatic carbocycles. The van der Waals surface area contributed by atoms with Crippen LogP contribution in [0.15, 0.2) is 23.8 Å². The summed E-state index contributed by atoms with van der Waals surface area (Å²) in [5, 5.41) is 0. The monoisotopic (exact) mass is 166 g/mol. The highest BCUT2D eigenvalue weighted by Gasteiger charge is 2.21. The predicted octanol–water partition coefficient (Wildman–Crippen LogP) is 2.21. The van der Waals surface area contributed by atoms with E-state index in [1.165, 1.54) is 0 Å². The van der Waals surface area contributed by atoms with Crippen LogP contribution in [-0.4, -0.2) is 12.1 Å². The van der Waals surface area contributed by atoms with E-state index in [2.05, 4.69) is 0 Å². The predicted molar refractivity (Wildman–Crippen MR) is 47.7 cm³/mol. The number of cyclic esters (lactones) is 1. The molecule has 1 aliphatic heterocycles. The van der Waals surface area contributed by atoms with E-state index >= 15 is 0 Å². The van der Waals surface area contributed by atoms with Crippen molar-refractivity contribution in [2.75, 3.05) is 0 Å². The Balaban J connectivity index is 2.58. The number of hydrogen-bond donors (Lipinski definition) is 0. The first-order valence-electron chi connectivity index (χ1n) is 4.27. The molecular formula is C10H14O2. The minimum Gasteiger partial charge on any atom is -0.455 e. The first-order valence-corrected chi connectivity index (χ1v) is 4.27. The van der Waals surface area contributed by atoms with E-state index in [0.29, 0.717) is 0 Å². The van der Waals surface area contributed by atoms with Crippen molar-refractivity contribution in [2.45, 2.75) is 32.8 Å². The summed E-state index contributed by atoms with van der Waals surface area (Å²) < 4.78 is 5.14. The molecule has 0 spiro atoms. The van der Waals surface area contributed by atoms with Crippen molar-refractivity contribution in [3.63, 3.8) is 0 Å². The lowest BCUT2D eigenvalue weighted by Crippen LogP contribution is -2.23. The molecule has 1 saturated heterocycles. The van der Waals surface area contributed by atoms with Crippen LogP contribution in [0.2, 0.25) is 0 Å². The minimum atomic E-state index is -0.160. The summed E-state index contributed by atoms with van der Waals surface area (Å²) in [6.07, 6.45) is 7.41. The fourth-order valence-electron chi connectivity index (χ4n) is 1.28. The van der Waals surface area contributed by atoms with Gasteiger partial charge in [0, 0.05) is 5.57 Å². The Labute approximate surface area is 72.9 Å². The van der Waals surface area contributed by atoms with Gasteiger partial charge < -0.3 is 4.74 Å². The summed E-state index contributed by atoms with van der Waals surface area (Å²) in [6, 6.07) is 0. The Kier molecular flexibility index (Phi) is 3.09. The molecule has 66 valence electrons. The van der Waals surface area contributed by atoms with Gasteiger partial charge in [-0.15, -0.1) is 0 Å². The third-order valence-electron chi connectivity index (χ3n) is 1.97. The molecule has 0 bridgehead atoms. The van der Waals surface area contributed by atoms with Gasteiger partial charge in [0.2, 0.25) is 0 Å². The fourth-order valence-corrected chi connectivity index (χ4v) is 1.28. The molecule has 1 atom stereocenters. The fraction of sp³-hybridized carbons (Fsp3) is 0.500. The van der Waals surface area contributed by atoms with Gasteiger partial charge in [-0.3, -0.25) is 0 Å². The van der Waals surface area contributed by atoms with Gasteiger partial charge in [0.15, 0.2) is 0 Å². The molecule has 1 aliphatic rings. The maximum atomic E-state index is 11.2. The van der Waals surface area contributed by atoms with E-state index < -0.39 is 0 Å². The molecule has 12 heavy (non-hydrogen) atoms. The molecule has 2 nitrogen and oxygen atoms in total. The highest BCUT2D eigenvalue weighted by Crippen LogP contribution is 2.19. The highest BCUT2D eigenvalue weighted by atomic mass is 16.5. The molecule has 2 heteroatoms. The first kappa shape index (κ1) is 9.04. The summed E-state index contributed by atoms with van der Waals surface area (Å²) in [5.74, 6) is -0.160. The standard InChI is InChI=1S/C10H14O2/c1-3-5-9-7-6-8(4-2)10(11)12-9/h3-5,9H,6-7H2,1-2H3/b5-3+,8-4-. The molecule has 0 aromatic rings. The molecule has 0 aromatic heterocycles. The quantitative estimate of drug-likeness (QED) is 0.339. The number of carbonyl (C=O) groups excluding carboxylic acids is 1. The molecule has 0 N–H and O–H groups in total. The van der Waals surface area contributed by atoms with Gasteiger partial charge in [-0.1, -0.05) is 12.2 Å². The second kappa shape index (κ2) is 4.10. The first-order chi connectivity index (χ1) is 5.77. The molecule has 1 heterocycles. The third kappa shape index (κ3) is 1.97. The van der Waals surface area contributed by atoms with Crippen LogP contribution in [-0.2, 0) is 9.53 Å². The number of carbonyl (C=O) groups is 1. The van der Waals surface area contributed by atoms with Crippen molar-refractivity contribution < 1.29 is 9.53 Å². The Morgan fingerprint density at radius 3 is 2.75 bits per heavy atom. The number of esters is 1. The Hall–Kier alpha value is -1.05. The van der Waals surface area contributed by atoms with E-state index in [1.54, 1.807) is 0 Å². The highest BCUT2D eigenvalue weighted by molar-refractivity contribution is 5.89. The second-order valence-electron chi connectivity index (χ2n) is 2.82. The average Bonchev–Trinajstić information content (AvgIpc) is 2.05. The number of ether oxygens (including phenoxy) is 1. The SMILES string of the molecule is C/C=C1/CCC(/C=C/C)OC1=O. The molecular weight excluding hydrogens is 152 g/mol. The topological polar surface area (TPSA) is 26.3 Å². The summed E-state index contributed by atoms with van der Waals surface area (Å²) in [4.78, 5) is 11.2. The molecule has 0 saturated carbocycles. The lowest BCUT2D eigenvalue weighted by molar-refractivity contribution is -0.145. The van der Waals surface area contributed by atoms with Crippen LogP contribution in [0, 0.1) is 0 Å². The van der Waals surface area contributed by atoms with Crippen LogP contribution < -0.4 is 0 Å². The number of rotatable bonds is 1. The Morgan fingerprint density at radius 2 is 2.25 bits per heavy atom. The minimum absolute atomic E-state index is 0.00815. The number of hydrogen-bond acceptors (Lipinski definition) is 2. The zero-order valence-electron chi connectivity index (χ0n) is 7.54. The van der Waals surface area contributed by atoms with Crippen LogP contribution >= 0.6 is 0 Å². The summed E-state index contributed by atoms with van der Waals surface area (Å²) >= 11 is 0. The van der Waals surface area contributed by atoms with Crippen molar-refractivity contribution in [3.8, 4) is 0 Å². The van der Waals surface area contributed by atoms with Gasteiger partial charge in [-0.2, -0.15) is 0 Å². The lowest BCUT2D eigenvalue weighted by atomic mass is 10.0. The molecule has 1 rings (SSSR count). The number of allylic oxidation sites excluding steroid dienone is 2. The second-order valence-corrected chi connectivity index (χ2v) is 2.82. The molecule has 0 radical (unpaired) electrons. The van der Waals surface area contributed by atoms with Crippen LogP contribution in [0.25, 0.3) is 0 Å². The average molecular weight is 166 g/mol. The van der Waals surface area contributed by atoms with E-state index in [0.717, 1.165) is 18.4 Å². The third-order valence-corrected chi connectivity index (χ3v) is 1.97. The van der Waals surface area contributed by atoms with E-state index in [1.807, 2.05) is 32.1 Å². The van der Waals surface area contributed by atoms with Gasteiger partial charge in [0.05, 0.1) is 0 Å². The smallest absolute Gasteiger partial charge is 0.334 e. The van der Waals surface area contributed by atoms with Crippen molar-refractivity contribution in [2.24, 2.45) is 0 Å². The van der Waals surface area contributed by atoms with Gasteiger partial charge in [0.25, 0.3) is 0 Å². The van der Waals surface area contributed by atoms with Crippen LogP contribution in [0.5, 0.6) is 0 Å². The van der Waals surface area contributed by atoms with E-state index in [9.17, 15) is 4.79 Å². The molecule has 1 fully saturated rings. The lowest BCUT2D eigenvalue weighted by Gasteiger charge is -2.21. The van der Waals surface area contributed by atoms with E-state index in [-0.39, 0.29) is 12.1 Å². The van der Waals surface area contributed by atoms with Crippen molar-refractivity contribution >= 4 is 5.97 Å². The zero-order valence-corrected chi connectivity index (χ0v) is 7.54. The van der Waals surface area contributed by atoms with Gasteiger partial charge in [0.1, 0.15) is 6.10 Å². The Bertz CT molecular complexity index is 226. The van der Waals surface area contributed by atoms with Crippen molar-refractivity contribution in [1.29, 1.82) is 0 Å². The van der Waals surface area contributed by atoms with Crippen molar-refractivity contribution in [3.05, 3.63) is 23.8 Å². The molecule has 1 unspecified atom stereocenters. The van der Waals surface area contributed by atoms with Crippen LogP contribution in [0.4, 0.5) is 0 Å². The summed E-state index contributed by atoms with van der Waals surface area (Å²) in [5.41, 5.74) is 0.802. The van der Waals surface area contributed by atoms with Crippen LogP contribution in [0.3, 0.4) is 0 Å². The molecule has 0 amide bonds. The maximum absolute atomic E-state index is 11.2. The Morgan fingerprint density at radius 1 is 1.50 bits per heavy atom. The van der Waals surface area contributed by atoms with Crippen molar-refractivity contribution in [1.82, 2.24) is 0 Å².